The summed E-state index contributed by atoms with van der Waals surface area (Å²) in [6.45, 7) is 4.25. The number of rotatable bonds is 8. The highest BCUT2D eigenvalue weighted by atomic mass is 32.2. The van der Waals surface area contributed by atoms with Gasteiger partial charge in [-0.3, -0.25) is 14.6 Å². The highest BCUT2D eigenvalue weighted by Crippen LogP contribution is 2.22. The second-order valence-corrected chi connectivity index (χ2v) is 8.70. The monoisotopic (exact) mass is 428 g/mol. The molecule has 0 unspecified atom stereocenters. The number of nitrogens with zero attached hydrogens (tertiary/aromatic N) is 1. The third-order valence-electron chi connectivity index (χ3n) is 4.57. The van der Waals surface area contributed by atoms with E-state index in [1.165, 1.54) is 12.3 Å². The summed E-state index contributed by atoms with van der Waals surface area (Å²) >= 11 is 0. The number of amides is 1. The van der Waals surface area contributed by atoms with Crippen LogP contribution in [-0.2, 0) is 16.6 Å². The Kier molecular flexibility index (Phi) is 6.41. The van der Waals surface area contributed by atoms with E-state index in [0.29, 0.717) is 0 Å². The molecule has 0 saturated heterocycles. The number of nitrogens with one attached hydrogen (secondary N) is 3. The first-order chi connectivity index (χ1) is 14.3. The highest BCUT2D eigenvalue weighted by Gasteiger charge is 2.21. The van der Waals surface area contributed by atoms with Crippen LogP contribution in [0.4, 0.5) is 5.82 Å². The summed E-state index contributed by atoms with van der Waals surface area (Å²) in [4.78, 5) is 12.7. The average molecular weight is 429 g/mol. The van der Waals surface area contributed by atoms with E-state index in [1.54, 1.807) is 31.4 Å². The molecule has 9 heteroatoms. The molecule has 3 rings (SSSR count). The fourth-order valence-electron chi connectivity index (χ4n) is 2.79. The molecule has 30 heavy (non-hydrogen) atoms. The Hall–Kier alpha value is -3.33. The van der Waals surface area contributed by atoms with Gasteiger partial charge in [0.2, 0.25) is 0 Å². The average Bonchev–Trinajstić information content (AvgIpc) is 3.20. The Morgan fingerprint density at radius 2 is 1.90 bits per heavy atom. The van der Waals surface area contributed by atoms with Crippen LogP contribution < -0.4 is 14.8 Å². The molecule has 0 aliphatic heterocycles. The molecule has 1 heterocycles. The molecule has 0 aliphatic carbocycles. The van der Waals surface area contributed by atoms with Gasteiger partial charge in [-0.25, -0.2) is 8.42 Å². The van der Waals surface area contributed by atoms with Gasteiger partial charge in [0.05, 0.1) is 18.2 Å². The fourth-order valence-corrected chi connectivity index (χ4v) is 3.88. The summed E-state index contributed by atoms with van der Waals surface area (Å²) in [6, 6.07) is 14.0. The quantitative estimate of drug-likeness (QED) is 0.510. The van der Waals surface area contributed by atoms with Gasteiger partial charge in [0.15, 0.2) is 0 Å². The fraction of sp³-hybridized carbons (Fsp3) is 0.238. The third kappa shape index (κ3) is 4.98. The third-order valence-corrected chi connectivity index (χ3v) is 5.91. The number of methoxy groups -OCH3 is 1. The number of sulfonamides is 1. The van der Waals surface area contributed by atoms with E-state index in [0.717, 1.165) is 16.9 Å². The minimum atomic E-state index is -3.89. The maximum absolute atomic E-state index is 12.8. The number of anilines is 1. The second-order valence-electron chi connectivity index (χ2n) is 7.02. The summed E-state index contributed by atoms with van der Waals surface area (Å²) in [5, 5.41) is 9.11. The van der Waals surface area contributed by atoms with Crippen molar-refractivity contribution in [1.29, 1.82) is 0 Å². The van der Waals surface area contributed by atoms with Gasteiger partial charge < -0.3 is 10.1 Å². The minimum absolute atomic E-state index is 0.0113. The first kappa shape index (κ1) is 21.4. The predicted octanol–water partition coefficient (Wildman–Crippen LogP) is 3.27. The number of benzene rings is 2. The Labute approximate surface area is 175 Å². The lowest BCUT2D eigenvalue weighted by Gasteiger charge is -2.11. The van der Waals surface area contributed by atoms with E-state index < -0.39 is 15.9 Å². The molecule has 0 atom stereocenters. The van der Waals surface area contributed by atoms with Gasteiger partial charge in [0, 0.05) is 6.54 Å². The minimum Gasteiger partial charge on any atom is -0.497 e. The normalized spacial score (nSPS) is 11.3. The molecule has 3 N–H and O–H groups in total. The van der Waals surface area contributed by atoms with Gasteiger partial charge in [-0.2, -0.15) is 5.10 Å². The highest BCUT2D eigenvalue weighted by molar-refractivity contribution is 7.92. The van der Waals surface area contributed by atoms with Gasteiger partial charge in [-0.15, -0.1) is 0 Å². The molecular weight excluding hydrogens is 404 g/mol. The van der Waals surface area contributed by atoms with E-state index in [9.17, 15) is 13.2 Å². The standard InChI is InChI=1S/C21H24N4O4S/c1-14(2)16-5-4-6-18(11-16)30(27,28)25-20-19(13-23-24-20)21(26)22-12-15-7-9-17(29-3)10-8-15/h4-11,13-14H,12H2,1-3H3,(H,22,26)(H2,23,24,25). The van der Waals surface area contributed by atoms with Crippen molar-refractivity contribution in [2.75, 3.05) is 11.8 Å². The Bertz CT molecular complexity index is 1120. The molecule has 0 saturated carbocycles. The zero-order chi connectivity index (χ0) is 21.7. The van der Waals surface area contributed by atoms with Crippen LogP contribution in [0.5, 0.6) is 5.75 Å². The number of H-pyrrole nitrogens is 1. The van der Waals surface area contributed by atoms with Gasteiger partial charge in [-0.05, 0) is 41.3 Å². The topological polar surface area (TPSA) is 113 Å². The zero-order valence-electron chi connectivity index (χ0n) is 17.0. The number of aromatic nitrogens is 2. The first-order valence-corrected chi connectivity index (χ1v) is 10.9. The van der Waals surface area contributed by atoms with Crippen molar-refractivity contribution < 1.29 is 17.9 Å². The van der Waals surface area contributed by atoms with E-state index in [2.05, 4.69) is 20.2 Å². The number of hydrogen-bond acceptors (Lipinski definition) is 5. The van der Waals surface area contributed by atoms with Gasteiger partial charge >= 0.3 is 0 Å². The number of aromatic amines is 1. The van der Waals surface area contributed by atoms with Crippen LogP contribution >= 0.6 is 0 Å². The Balaban J connectivity index is 1.72. The number of hydrogen-bond donors (Lipinski definition) is 3. The molecule has 1 amide bonds. The SMILES string of the molecule is COc1ccc(CNC(=O)c2cn[nH]c2NS(=O)(=O)c2cccc(C(C)C)c2)cc1. The van der Waals surface area contributed by atoms with Crippen molar-refractivity contribution in [2.24, 2.45) is 0 Å². The Morgan fingerprint density at radius 3 is 2.57 bits per heavy atom. The lowest BCUT2D eigenvalue weighted by atomic mass is 10.0. The van der Waals surface area contributed by atoms with E-state index in [1.807, 2.05) is 32.0 Å². The zero-order valence-corrected chi connectivity index (χ0v) is 17.8. The predicted molar refractivity (Wildman–Crippen MR) is 114 cm³/mol. The maximum Gasteiger partial charge on any atom is 0.263 e. The Morgan fingerprint density at radius 1 is 1.17 bits per heavy atom. The van der Waals surface area contributed by atoms with Crippen molar-refractivity contribution in [1.82, 2.24) is 15.5 Å². The summed E-state index contributed by atoms with van der Waals surface area (Å²) in [5.41, 5.74) is 1.88. The van der Waals surface area contributed by atoms with Crippen LogP contribution in [0.15, 0.2) is 59.6 Å². The van der Waals surface area contributed by atoms with Crippen molar-refractivity contribution in [3.63, 3.8) is 0 Å². The van der Waals surface area contributed by atoms with E-state index in [4.69, 9.17) is 4.74 Å². The molecule has 1 aromatic heterocycles. The van der Waals surface area contributed by atoms with Crippen molar-refractivity contribution >= 4 is 21.7 Å². The molecule has 0 bridgehead atoms. The molecule has 0 spiro atoms. The molecule has 158 valence electrons. The molecule has 0 radical (unpaired) electrons. The van der Waals surface area contributed by atoms with Crippen LogP contribution in [0.1, 0.15) is 41.3 Å². The van der Waals surface area contributed by atoms with Crippen LogP contribution in [-0.4, -0.2) is 31.6 Å². The lowest BCUT2D eigenvalue weighted by Crippen LogP contribution is -2.24. The van der Waals surface area contributed by atoms with Gasteiger partial charge in [0.25, 0.3) is 15.9 Å². The van der Waals surface area contributed by atoms with Crippen molar-refractivity contribution in [3.05, 3.63) is 71.4 Å². The van der Waals surface area contributed by atoms with Crippen LogP contribution in [0.25, 0.3) is 0 Å². The smallest absolute Gasteiger partial charge is 0.263 e. The molecule has 0 aliphatic rings. The molecule has 2 aromatic carbocycles. The van der Waals surface area contributed by atoms with Crippen LogP contribution in [0.2, 0.25) is 0 Å². The van der Waals surface area contributed by atoms with Gasteiger partial charge in [-0.1, -0.05) is 38.1 Å². The van der Waals surface area contributed by atoms with Crippen LogP contribution in [0, 0.1) is 0 Å². The molecule has 0 fully saturated rings. The summed E-state index contributed by atoms with van der Waals surface area (Å²) in [5.74, 6) is 0.468. The summed E-state index contributed by atoms with van der Waals surface area (Å²) < 4.78 is 33.1. The molecule has 8 nitrogen and oxygen atoms in total. The lowest BCUT2D eigenvalue weighted by molar-refractivity contribution is 0.0952. The van der Waals surface area contributed by atoms with E-state index >= 15 is 0 Å². The van der Waals surface area contributed by atoms with Crippen molar-refractivity contribution in [3.8, 4) is 5.75 Å². The van der Waals surface area contributed by atoms with Gasteiger partial charge in [0.1, 0.15) is 17.1 Å². The number of carbonyl (C=O) groups is 1. The molecule has 3 aromatic rings. The summed E-state index contributed by atoms with van der Waals surface area (Å²) in [6.07, 6.45) is 1.28. The molecular formula is C21H24N4O4S. The number of carbonyl (C=O) groups excluding carboxylic acids is 1. The largest absolute Gasteiger partial charge is 0.497 e. The number of ether oxygens (including phenoxy) is 1. The van der Waals surface area contributed by atoms with E-state index in [-0.39, 0.29) is 28.7 Å². The second kappa shape index (κ2) is 9.00. The van der Waals surface area contributed by atoms with Crippen molar-refractivity contribution in [2.45, 2.75) is 31.2 Å². The summed E-state index contributed by atoms with van der Waals surface area (Å²) in [7, 11) is -2.30. The maximum atomic E-state index is 12.8. The van der Waals surface area contributed by atoms with Crippen LogP contribution in [0.3, 0.4) is 0 Å². The first-order valence-electron chi connectivity index (χ1n) is 9.37.